The summed E-state index contributed by atoms with van der Waals surface area (Å²) in [5.41, 5.74) is 0.358. The predicted molar refractivity (Wildman–Crippen MR) is 102 cm³/mol. The summed E-state index contributed by atoms with van der Waals surface area (Å²) in [5, 5.41) is 3.26. The van der Waals surface area contributed by atoms with Gasteiger partial charge in [0.2, 0.25) is 10.0 Å². The first kappa shape index (κ1) is 20.1. The molecule has 2 aromatic carbocycles. The van der Waals surface area contributed by atoms with Gasteiger partial charge in [-0.3, -0.25) is 4.79 Å². The lowest BCUT2D eigenvalue weighted by Gasteiger charge is -2.31. The van der Waals surface area contributed by atoms with Crippen LogP contribution >= 0.6 is 23.2 Å². The van der Waals surface area contributed by atoms with Gasteiger partial charge in [0.05, 0.1) is 5.02 Å². The highest BCUT2D eigenvalue weighted by Gasteiger charge is 2.31. The summed E-state index contributed by atoms with van der Waals surface area (Å²) in [7, 11) is -3.76. The Balaban J connectivity index is 1.63. The molecule has 0 saturated carbocycles. The number of sulfonamides is 1. The molecule has 144 valence electrons. The van der Waals surface area contributed by atoms with Crippen molar-refractivity contribution in [3.63, 3.8) is 0 Å². The Labute approximate surface area is 167 Å². The maximum Gasteiger partial charge on any atom is 0.251 e. The van der Waals surface area contributed by atoms with Gasteiger partial charge in [-0.25, -0.2) is 12.8 Å². The summed E-state index contributed by atoms with van der Waals surface area (Å²) < 4.78 is 39.9. The lowest BCUT2D eigenvalue weighted by atomic mass is 10.1. The van der Waals surface area contributed by atoms with Crippen LogP contribution in [0.4, 0.5) is 4.39 Å². The van der Waals surface area contributed by atoms with E-state index < -0.39 is 15.8 Å². The molecule has 3 rings (SSSR count). The first-order valence-electron chi connectivity index (χ1n) is 8.29. The number of piperidine rings is 1. The zero-order valence-corrected chi connectivity index (χ0v) is 16.5. The van der Waals surface area contributed by atoms with E-state index in [0.29, 0.717) is 23.4 Å². The van der Waals surface area contributed by atoms with E-state index in [-0.39, 0.29) is 35.0 Å². The Morgan fingerprint density at radius 1 is 1.07 bits per heavy atom. The van der Waals surface area contributed by atoms with Crippen molar-refractivity contribution in [3.8, 4) is 0 Å². The Kier molecular flexibility index (Phi) is 6.05. The van der Waals surface area contributed by atoms with E-state index in [1.165, 1.54) is 46.8 Å². The lowest BCUT2D eigenvalue weighted by Crippen LogP contribution is -2.46. The van der Waals surface area contributed by atoms with Crippen molar-refractivity contribution in [1.29, 1.82) is 0 Å². The first-order valence-corrected chi connectivity index (χ1v) is 10.5. The minimum Gasteiger partial charge on any atom is -0.349 e. The van der Waals surface area contributed by atoms with Gasteiger partial charge in [-0.05, 0) is 55.3 Å². The molecule has 0 atom stereocenters. The molecule has 0 unspecified atom stereocenters. The highest BCUT2D eigenvalue weighted by atomic mass is 35.5. The van der Waals surface area contributed by atoms with Crippen molar-refractivity contribution in [2.45, 2.75) is 23.8 Å². The SMILES string of the molecule is O=C(NC1CCN(S(=O)(=O)c2cc(Cl)ccc2Cl)CC1)c1ccc(F)cc1. The molecule has 1 N–H and O–H groups in total. The van der Waals surface area contributed by atoms with Gasteiger partial charge in [0.15, 0.2) is 0 Å². The van der Waals surface area contributed by atoms with Gasteiger partial charge in [-0.2, -0.15) is 4.31 Å². The van der Waals surface area contributed by atoms with Crippen LogP contribution < -0.4 is 5.32 Å². The van der Waals surface area contributed by atoms with E-state index in [0.717, 1.165) is 0 Å². The number of amides is 1. The van der Waals surface area contributed by atoms with Crippen molar-refractivity contribution in [2.75, 3.05) is 13.1 Å². The molecule has 0 aliphatic carbocycles. The molecular formula is C18H17Cl2FN2O3S. The van der Waals surface area contributed by atoms with Gasteiger partial charge in [0, 0.05) is 29.7 Å². The van der Waals surface area contributed by atoms with Gasteiger partial charge in [0.1, 0.15) is 10.7 Å². The molecule has 0 aromatic heterocycles. The number of rotatable bonds is 4. The predicted octanol–water partition coefficient (Wildman–Crippen LogP) is 3.72. The molecule has 1 aliphatic rings. The summed E-state index contributed by atoms with van der Waals surface area (Å²) in [6.07, 6.45) is 0.925. The second kappa shape index (κ2) is 8.14. The van der Waals surface area contributed by atoms with Crippen molar-refractivity contribution in [2.24, 2.45) is 0 Å². The number of nitrogens with one attached hydrogen (secondary N) is 1. The van der Waals surface area contributed by atoms with E-state index in [4.69, 9.17) is 23.2 Å². The summed E-state index contributed by atoms with van der Waals surface area (Å²) in [5.74, 6) is -0.723. The summed E-state index contributed by atoms with van der Waals surface area (Å²) in [6, 6.07) is 9.41. The molecule has 1 heterocycles. The van der Waals surface area contributed by atoms with E-state index >= 15 is 0 Å². The number of hydrogen-bond donors (Lipinski definition) is 1. The lowest BCUT2D eigenvalue weighted by molar-refractivity contribution is 0.0924. The minimum absolute atomic E-state index is 0.0227. The Hall–Kier alpha value is -1.67. The number of benzene rings is 2. The summed E-state index contributed by atoms with van der Waals surface area (Å²) in [6.45, 7) is 0.499. The number of halogens is 3. The van der Waals surface area contributed by atoms with Gasteiger partial charge in [-0.1, -0.05) is 23.2 Å². The van der Waals surface area contributed by atoms with Gasteiger partial charge in [-0.15, -0.1) is 0 Å². The van der Waals surface area contributed by atoms with Crippen molar-refractivity contribution in [1.82, 2.24) is 9.62 Å². The first-order chi connectivity index (χ1) is 12.8. The van der Waals surface area contributed by atoms with Crippen LogP contribution in [0.5, 0.6) is 0 Å². The molecule has 1 aliphatic heterocycles. The monoisotopic (exact) mass is 430 g/mol. The number of carbonyl (C=O) groups excluding carboxylic acids is 1. The number of nitrogens with zero attached hydrogens (tertiary/aromatic N) is 1. The second-order valence-electron chi connectivity index (χ2n) is 6.23. The molecule has 1 amide bonds. The molecule has 5 nitrogen and oxygen atoms in total. The normalized spacial score (nSPS) is 16.3. The standard InChI is InChI=1S/C18H17Cl2FN2O3S/c19-13-3-6-16(20)17(11-13)27(25,26)23-9-7-15(8-10-23)22-18(24)12-1-4-14(21)5-2-12/h1-6,11,15H,7-10H2,(H,22,24). The maximum absolute atomic E-state index is 12.9. The van der Waals surface area contributed by atoms with E-state index in [9.17, 15) is 17.6 Å². The third-order valence-electron chi connectivity index (χ3n) is 4.41. The number of carbonyl (C=O) groups is 1. The molecule has 27 heavy (non-hydrogen) atoms. The maximum atomic E-state index is 12.9. The van der Waals surface area contributed by atoms with E-state index in [2.05, 4.69) is 5.32 Å². The Morgan fingerprint density at radius 3 is 2.33 bits per heavy atom. The van der Waals surface area contributed by atoms with Crippen LogP contribution in [-0.2, 0) is 10.0 Å². The highest BCUT2D eigenvalue weighted by Crippen LogP contribution is 2.29. The molecule has 1 saturated heterocycles. The third kappa shape index (κ3) is 4.60. The molecule has 0 spiro atoms. The average Bonchev–Trinajstić information content (AvgIpc) is 2.64. The topological polar surface area (TPSA) is 66.5 Å². The zero-order chi connectivity index (χ0) is 19.6. The molecule has 1 fully saturated rings. The number of hydrogen-bond acceptors (Lipinski definition) is 3. The quantitative estimate of drug-likeness (QED) is 0.803. The minimum atomic E-state index is -3.76. The van der Waals surface area contributed by atoms with Crippen LogP contribution in [0.3, 0.4) is 0 Å². The van der Waals surface area contributed by atoms with Gasteiger partial charge < -0.3 is 5.32 Å². The van der Waals surface area contributed by atoms with Crippen molar-refractivity contribution >= 4 is 39.1 Å². The van der Waals surface area contributed by atoms with Crippen LogP contribution in [0.15, 0.2) is 47.4 Å². The van der Waals surface area contributed by atoms with Crippen molar-refractivity contribution < 1.29 is 17.6 Å². The Bertz CT molecular complexity index is 944. The Morgan fingerprint density at radius 2 is 1.70 bits per heavy atom. The molecule has 0 radical (unpaired) electrons. The molecule has 2 aromatic rings. The molecule has 0 bridgehead atoms. The fourth-order valence-corrected chi connectivity index (χ4v) is 5.13. The van der Waals surface area contributed by atoms with Gasteiger partial charge in [0.25, 0.3) is 5.91 Å². The average molecular weight is 431 g/mol. The van der Waals surface area contributed by atoms with Crippen LogP contribution in [0.25, 0.3) is 0 Å². The van der Waals surface area contributed by atoms with E-state index in [1.807, 2.05) is 0 Å². The van der Waals surface area contributed by atoms with E-state index in [1.54, 1.807) is 0 Å². The smallest absolute Gasteiger partial charge is 0.251 e. The molecule has 9 heteroatoms. The zero-order valence-electron chi connectivity index (χ0n) is 14.2. The van der Waals surface area contributed by atoms with Crippen LogP contribution in [-0.4, -0.2) is 37.8 Å². The van der Waals surface area contributed by atoms with Crippen LogP contribution in [0.2, 0.25) is 10.0 Å². The van der Waals surface area contributed by atoms with Crippen molar-refractivity contribution in [3.05, 3.63) is 63.9 Å². The largest absolute Gasteiger partial charge is 0.349 e. The second-order valence-corrected chi connectivity index (χ2v) is 8.98. The van der Waals surface area contributed by atoms with Crippen LogP contribution in [0, 0.1) is 5.82 Å². The summed E-state index contributed by atoms with van der Waals surface area (Å²) >= 11 is 11.9. The third-order valence-corrected chi connectivity index (χ3v) is 7.02. The van der Waals surface area contributed by atoms with Gasteiger partial charge >= 0.3 is 0 Å². The fraction of sp³-hybridized carbons (Fsp3) is 0.278. The fourth-order valence-electron chi connectivity index (χ4n) is 2.92. The summed E-state index contributed by atoms with van der Waals surface area (Å²) in [4.78, 5) is 12.2. The molecular weight excluding hydrogens is 414 g/mol. The van der Waals surface area contributed by atoms with Crippen LogP contribution in [0.1, 0.15) is 23.2 Å². The highest BCUT2D eigenvalue weighted by molar-refractivity contribution is 7.89.